The Balaban J connectivity index is -0.000000529. The summed E-state index contributed by atoms with van der Waals surface area (Å²) in [5.41, 5.74) is 3.16. The summed E-state index contributed by atoms with van der Waals surface area (Å²) in [7, 11) is 0. The average molecular weight is 222 g/mol. The van der Waals surface area contributed by atoms with Gasteiger partial charge in [0.15, 0.2) is 0 Å². The Labute approximate surface area is 101 Å². The molecule has 0 radical (unpaired) electrons. The molecule has 0 unspecified atom stereocenters. The fourth-order valence-corrected chi connectivity index (χ4v) is 0.788. The van der Waals surface area contributed by atoms with Gasteiger partial charge in [0, 0.05) is 6.72 Å². The molecule has 0 aliphatic rings. The van der Waals surface area contributed by atoms with Crippen molar-refractivity contribution < 1.29 is 0 Å². The second kappa shape index (κ2) is 13.6. The highest BCUT2D eigenvalue weighted by atomic mass is 15.2. The summed E-state index contributed by atoms with van der Waals surface area (Å²) in [6.07, 6.45) is 5.66. The number of hydrogen-bond donors (Lipinski definition) is 0. The van der Waals surface area contributed by atoms with Crippen molar-refractivity contribution in [2.45, 2.75) is 42.0 Å². The van der Waals surface area contributed by atoms with Gasteiger partial charge >= 0.3 is 0 Å². The van der Waals surface area contributed by atoms with Gasteiger partial charge in [-0.1, -0.05) is 45.6 Å². The van der Waals surface area contributed by atoms with Crippen molar-refractivity contribution >= 4 is 12.9 Å². The zero-order chi connectivity index (χ0) is 12.3. The van der Waals surface area contributed by atoms with Crippen LogP contribution in [0.5, 0.6) is 0 Å². The molecule has 0 heterocycles. The average Bonchev–Trinajstić information content (AvgIpc) is 2.25. The second-order valence-electron chi connectivity index (χ2n) is 2.80. The van der Waals surface area contributed by atoms with E-state index in [-0.39, 0.29) is 7.43 Å². The van der Waals surface area contributed by atoms with E-state index in [1.165, 1.54) is 0 Å². The van der Waals surface area contributed by atoms with Gasteiger partial charge in [0.2, 0.25) is 0 Å². The van der Waals surface area contributed by atoms with E-state index in [1.54, 1.807) is 6.21 Å². The molecule has 0 saturated carbocycles. The van der Waals surface area contributed by atoms with Gasteiger partial charge in [0.05, 0.1) is 6.21 Å². The van der Waals surface area contributed by atoms with Gasteiger partial charge in [-0.3, -0.25) is 0 Å². The topological polar surface area (TPSA) is 24.7 Å². The van der Waals surface area contributed by atoms with E-state index in [0.717, 1.165) is 16.7 Å². The van der Waals surface area contributed by atoms with E-state index < -0.39 is 0 Å². The predicted molar refractivity (Wildman–Crippen MR) is 78.4 cm³/mol. The molecule has 0 aliphatic carbocycles. The molecule has 92 valence electrons. The summed E-state index contributed by atoms with van der Waals surface area (Å²) in [6.45, 7) is 17.0. The molecule has 0 rings (SSSR count). The fourth-order valence-electron chi connectivity index (χ4n) is 0.788. The lowest BCUT2D eigenvalue weighted by Crippen LogP contribution is -1.87. The Morgan fingerprint density at radius 1 is 1.19 bits per heavy atom. The Kier molecular flexibility index (Phi) is 17.0. The van der Waals surface area contributed by atoms with E-state index in [2.05, 4.69) is 23.5 Å². The zero-order valence-electron chi connectivity index (χ0n) is 10.5. The molecule has 0 atom stereocenters. The lowest BCUT2D eigenvalue weighted by atomic mass is 10.1. The van der Waals surface area contributed by atoms with Gasteiger partial charge in [-0.05, 0) is 31.9 Å². The van der Waals surface area contributed by atoms with E-state index in [1.807, 2.05) is 46.8 Å². The fraction of sp³-hybridized carbons (Fsp3) is 0.429. The molecule has 0 aromatic rings. The first-order chi connectivity index (χ1) is 7.11. The molecule has 2 nitrogen and oxygen atoms in total. The molecule has 0 saturated heterocycles. The van der Waals surface area contributed by atoms with Gasteiger partial charge in [-0.2, -0.15) is 10.2 Å². The van der Waals surface area contributed by atoms with Crippen molar-refractivity contribution in [3.63, 3.8) is 0 Å². The van der Waals surface area contributed by atoms with E-state index in [9.17, 15) is 0 Å². The Morgan fingerprint density at radius 3 is 2.00 bits per heavy atom. The summed E-state index contributed by atoms with van der Waals surface area (Å²) in [5, 5.41) is 7.15. The summed E-state index contributed by atoms with van der Waals surface area (Å²) in [5.74, 6) is 0. The van der Waals surface area contributed by atoms with Crippen LogP contribution in [0.4, 0.5) is 0 Å². The van der Waals surface area contributed by atoms with Crippen LogP contribution < -0.4 is 0 Å². The first-order valence-electron chi connectivity index (χ1n) is 5.11. The number of hydrogen-bond acceptors (Lipinski definition) is 2. The van der Waals surface area contributed by atoms with Crippen molar-refractivity contribution in [2.24, 2.45) is 10.2 Å². The maximum absolute atomic E-state index is 3.81. The van der Waals surface area contributed by atoms with Crippen LogP contribution in [0.15, 0.2) is 45.7 Å². The molecule has 0 spiro atoms. The summed E-state index contributed by atoms with van der Waals surface area (Å²) in [6, 6.07) is 0. The molecule has 0 fully saturated rings. The van der Waals surface area contributed by atoms with Crippen LogP contribution in [0.25, 0.3) is 0 Å². The minimum Gasteiger partial charge on any atom is -0.167 e. The molecule has 0 aromatic carbocycles. The number of rotatable bonds is 4. The third-order valence-corrected chi connectivity index (χ3v) is 1.57. The molecule has 16 heavy (non-hydrogen) atoms. The highest BCUT2D eigenvalue weighted by Gasteiger charge is 1.94. The summed E-state index contributed by atoms with van der Waals surface area (Å²) >= 11 is 0. The van der Waals surface area contributed by atoms with Crippen molar-refractivity contribution in [2.75, 3.05) is 0 Å². The van der Waals surface area contributed by atoms with Crippen LogP contribution in [0.3, 0.4) is 0 Å². The maximum Gasteiger partial charge on any atom is 0.0570 e. The van der Waals surface area contributed by atoms with Gasteiger partial charge in [0.1, 0.15) is 0 Å². The zero-order valence-corrected chi connectivity index (χ0v) is 10.5. The monoisotopic (exact) mass is 222 g/mol. The number of nitrogens with zero attached hydrogens (tertiary/aromatic N) is 2. The lowest BCUT2D eigenvalue weighted by molar-refractivity contribution is 1.27. The normalized spacial score (nSPS) is 11.3. The number of allylic oxidation sites excluding steroid dienone is 5. The minimum absolute atomic E-state index is 0. The summed E-state index contributed by atoms with van der Waals surface area (Å²) in [4.78, 5) is 0. The third kappa shape index (κ3) is 10.6. The molecular weight excluding hydrogens is 196 g/mol. The Bertz CT molecular complexity index is 281. The van der Waals surface area contributed by atoms with Crippen molar-refractivity contribution in [1.82, 2.24) is 0 Å². The van der Waals surface area contributed by atoms with Crippen LogP contribution in [-0.2, 0) is 0 Å². The molecule has 0 bridgehead atoms. The molecule has 0 N–H and O–H groups in total. The maximum atomic E-state index is 3.81. The minimum atomic E-state index is 0. The lowest BCUT2D eigenvalue weighted by Gasteiger charge is -2.00. The van der Waals surface area contributed by atoms with Gasteiger partial charge in [-0.15, -0.1) is 0 Å². The van der Waals surface area contributed by atoms with Crippen molar-refractivity contribution in [3.05, 3.63) is 35.5 Å². The van der Waals surface area contributed by atoms with Crippen molar-refractivity contribution in [3.8, 4) is 0 Å². The van der Waals surface area contributed by atoms with E-state index >= 15 is 0 Å². The summed E-state index contributed by atoms with van der Waals surface area (Å²) < 4.78 is 0. The largest absolute Gasteiger partial charge is 0.167 e. The van der Waals surface area contributed by atoms with Crippen LogP contribution in [0, 0.1) is 0 Å². The SMILES string of the molecule is C.C=N\N=C/C(=C/C(=C)C)C(/C)=C\C.CC. The first-order valence-corrected chi connectivity index (χ1v) is 5.11. The first kappa shape index (κ1) is 20.0. The molecule has 0 aromatic heterocycles. The highest BCUT2D eigenvalue weighted by molar-refractivity contribution is 5.85. The highest BCUT2D eigenvalue weighted by Crippen LogP contribution is 2.09. The Morgan fingerprint density at radius 2 is 1.69 bits per heavy atom. The van der Waals surface area contributed by atoms with E-state index in [0.29, 0.717) is 0 Å². The second-order valence-corrected chi connectivity index (χ2v) is 2.80. The molecular formula is C14H26N2. The standard InChI is InChI=1S/C11H16N2.C2H6.CH4/c1-6-10(4)11(7-9(2)3)8-13-12-5;1-2;/h6-8H,2,5H2,1,3-4H3;1-2H3;1H4/b10-6-,11-7-,13-8-;;. The van der Waals surface area contributed by atoms with Crippen molar-refractivity contribution in [1.29, 1.82) is 0 Å². The Hall–Kier alpha value is -1.44. The van der Waals surface area contributed by atoms with Crippen LogP contribution in [0.1, 0.15) is 42.0 Å². The van der Waals surface area contributed by atoms with Crippen LogP contribution in [-0.4, -0.2) is 12.9 Å². The molecule has 2 heteroatoms. The van der Waals surface area contributed by atoms with Crippen LogP contribution >= 0.6 is 0 Å². The quantitative estimate of drug-likeness (QED) is 0.371. The molecule has 0 amide bonds. The van der Waals surface area contributed by atoms with Gasteiger partial charge < -0.3 is 0 Å². The van der Waals surface area contributed by atoms with E-state index in [4.69, 9.17) is 0 Å². The van der Waals surface area contributed by atoms with Gasteiger partial charge in [0.25, 0.3) is 0 Å². The predicted octanol–water partition coefficient (Wildman–Crippen LogP) is 4.80. The molecule has 0 aliphatic heterocycles. The van der Waals surface area contributed by atoms with Gasteiger partial charge in [-0.25, -0.2) is 0 Å². The smallest absolute Gasteiger partial charge is 0.0570 e. The van der Waals surface area contributed by atoms with Crippen LogP contribution in [0.2, 0.25) is 0 Å². The third-order valence-electron chi connectivity index (χ3n) is 1.57.